The van der Waals surface area contributed by atoms with Crippen LogP contribution in [0.1, 0.15) is 16.9 Å². The molecule has 0 saturated carbocycles. The van der Waals surface area contributed by atoms with Crippen molar-refractivity contribution >= 4 is 63.0 Å². The van der Waals surface area contributed by atoms with Crippen molar-refractivity contribution in [3.05, 3.63) is 87.1 Å². The lowest BCUT2D eigenvalue weighted by Crippen LogP contribution is -2.35. The summed E-state index contributed by atoms with van der Waals surface area (Å²) >= 11 is 13.4. The van der Waals surface area contributed by atoms with Crippen molar-refractivity contribution in [3.63, 3.8) is 0 Å². The monoisotopic (exact) mass is 494 g/mol. The molecule has 1 aromatic heterocycles. The van der Waals surface area contributed by atoms with Gasteiger partial charge < -0.3 is 4.42 Å². The van der Waals surface area contributed by atoms with Crippen LogP contribution in [0.25, 0.3) is 17.4 Å². The van der Waals surface area contributed by atoms with Gasteiger partial charge in [-0.05, 0) is 66.2 Å². The first-order valence-electron chi connectivity index (χ1n) is 9.97. The number of hydrogen-bond donors (Lipinski definition) is 1. The first-order chi connectivity index (χ1) is 15.9. The van der Waals surface area contributed by atoms with Gasteiger partial charge in [0.15, 0.2) is 5.84 Å². The second-order valence-electron chi connectivity index (χ2n) is 7.48. The van der Waals surface area contributed by atoms with Gasteiger partial charge in [0.05, 0.1) is 5.57 Å². The van der Waals surface area contributed by atoms with Crippen molar-refractivity contribution < 1.29 is 9.21 Å². The lowest BCUT2D eigenvalue weighted by atomic mass is 10.1. The van der Waals surface area contributed by atoms with Gasteiger partial charge in [-0.3, -0.25) is 10.2 Å². The number of nitrogens with zero attached hydrogens (tertiary/aromatic N) is 3. The van der Waals surface area contributed by atoms with E-state index in [1.807, 2.05) is 49.4 Å². The smallest absolute Gasteiger partial charge is 0.283 e. The number of aliphatic imine (C=N–C) groups is 1. The molecule has 1 N–H and O–H groups in total. The molecule has 5 rings (SSSR count). The molecule has 3 aromatic rings. The Labute approximate surface area is 204 Å². The molecule has 33 heavy (non-hydrogen) atoms. The van der Waals surface area contributed by atoms with Crippen molar-refractivity contribution in [2.24, 2.45) is 10.1 Å². The number of carbonyl (C=O) groups excluding carboxylic acids is 1. The van der Waals surface area contributed by atoms with Crippen LogP contribution in [0.2, 0.25) is 10.0 Å². The van der Waals surface area contributed by atoms with Gasteiger partial charge in [0.2, 0.25) is 5.17 Å². The predicted octanol–water partition coefficient (Wildman–Crippen LogP) is 6.42. The number of benzene rings is 2. The van der Waals surface area contributed by atoms with E-state index >= 15 is 0 Å². The molecule has 0 atom stereocenters. The molecule has 2 aliphatic rings. The molecule has 0 radical (unpaired) electrons. The SMILES string of the molecule is Cc1ccc(-c2ccc(C=C3C(=N)N4N=C(Cc5ccc(Cl)cc5)SC4=NC3=O)o2)cc1Cl. The Morgan fingerprint density at radius 3 is 2.67 bits per heavy atom. The minimum absolute atomic E-state index is 0.0417. The molecule has 0 aliphatic carbocycles. The van der Waals surface area contributed by atoms with E-state index in [-0.39, 0.29) is 11.4 Å². The lowest BCUT2D eigenvalue weighted by molar-refractivity contribution is -0.114. The van der Waals surface area contributed by atoms with Crippen LogP contribution in [-0.4, -0.2) is 27.0 Å². The highest BCUT2D eigenvalue weighted by atomic mass is 35.5. The number of amidine groups is 2. The fourth-order valence-electron chi connectivity index (χ4n) is 3.35. The van der Waals surface area contributed by atoms with E-state index in [9.17, 15) is 4.79 Å². The zero-order chi connectivity index (χ0) is 23.1. The van der Waals surface area contributed by atoms with Gasteiger partial charge in [-0.1, -0.05) is 47.5 Å². The maximum absolute atomic E-state index is 12.7. The maximum atomic E-state index is 12.7. The molecule has 0 spiro atoms. The number of rotatable bonds is 4. The van der Waals surface area contributed by atoms with Crippen molar-refractivity contribution in [1.82, 2.24) is 5.01 Å². The normalized spacial score (nSPS) is 16.8. The third-order valence-electron chi connectivity index (χ3n) is 5.13. The first kappa shape index (κ1) is 21.7. The van der Waals surface area contributed by atoms with E-state index in [0.29, 0.717) is 33.2 Å². The summed E-state index contributed by atoms with van der Waals surface area (Å²) in [5.74, 6) is 0.506. The average molecular weight is 495 g/mol. The van der Waals surface area contributed by atoms with Crippen LogP contribution < -0.4 is 0 Å². The number of aryl methyl sites for hydroxylation is 1. The summed E-state index contributed by atoms with van der Waals surface area (Å²) in [6, 6.07) is 16.7. The van der Waals surface area contributed by atoms with E-state index in [2.05, 4.69) is 10.1 Å². The standard InChI is InChI=1S/C24H16Cl2N4O2S/c1-13-2-5-15(11-19(13)26)20-9-8-17(32-20)12-18-22(27)30-24(28-23(18)31)33-21(29-30)10-14-3-6-16(25)7-4-14/h2-9,11-12,27H,10H2,1H3. The van der Waals surface area contributed by atoms with E-state index in [1.165, 1.54) is 22.8 Å². The van der Waals surface area contributed by atoms with Crippen LogP contribution in [0.3, 0.4) is 0 Å². The van der Waals surface area contributed by atoms with Crippen molar-refractivity contribution in [2.45, 2.75) is 13.3 Å². The molecule has 0 saturated heterocycles. The number of hydrogen-bond acceptors (Lipinski definition) is 5. The number of fused-ring (bicyclic) bond motifs is 1. The van der Waals surface area contributed by atoms with E-state index in [0.717, 1.165) is 21.7 Å². The second-order valence-corrected chi connectivity index (χ2v) is 9.37. The Morgan fingerprint density at radius 1 is 1.12 bits per heavy atom. The van der Waals surface area contributed by atoms with Gasteiger partial charge in [0, 0.05) is 22.0 Å². The summed E-state index contributed by atoms with van der Waals surface area (Å²) in [5.41, 5.74) is 2.94. The van der Waals surface area contributed by atoms with E-state index in [4.69, 9.17) is 33.0 Å². The van der Waals surface area contributed by atoms with Crippen LogP contribution in [-0.2, 0) is 11.2 Å². The molecule has 9 heteroatoms. The number of carbonyl (C=O) groups is 1. The largest absolute Gasteiger partial charge is 0.457 e. The van der Waals surface area contributed by atoms with Crippen LogP contribution in [0.4, 0.5) is 0 Å². The molecule has 3 heterocycles. The fraction of sp³-hybridized carbons (Fsp3) is 0.0833. The van der Waals surface area contributed by atoms with E-state index in [1.54, 1.807) is 12.1 Å². The predicted molar refractivity (Wildman–Crippen MR) is 134 cm³/mol. The van der Waals surface area contributed by atoms with Crippen LogP contribution >= 0.6 is 35.0 Å². The zero-order valence-electron chi connectivity index (χ0n) is 17.3. The molecule has 1 amide bonds. The zero-order valence-corrected chi connectivity index (χ0v) is 19.6. The van der Waals surface area contributed by atoms with Gasteiger partial charge >= 0.3 is 0 Å². The number of amides is 1. The molecule has 2 aromatic carbocycles. The van der Waals surface area contributed by atoms with Gasteiger partial charge in [-0.2, -0.15) is 15.1 Å². The van der Waals surface area contributed by atoms with Gasteiger partial charge in [0.1, 0.15) is 16.6 Å². The van der Waals surface area contributed by atoms with Crippen LogP contribution in [0.15, 0.2) is 74.7 Å². The highest BCUT2D eigenvalue weighted by Gasteiger charge is 2.35. The number of hydrazone groups is 1. The van der Waals surface area contributed by atoms with Crippen molar-refractivity contribution in [3.8, 4) is 11.3 Å². The second kappa shape index (κ2) is 8.67. The number of furan rings is 1. The minimum Gasteiger partial charge on any atom is -0.457 e. The first-order valence-corrected chi connectivity index (χ1v) is 11.5. The van der Waals surface area contributed by atoms with Gasteiger partial charge in [-0.25, -0.2) is 0 Å². The Kier molecular flexibility index (Phi) is 5.70. The highest BCUT2D eigenvalue weighted by Crippen LogP contribution is 2.31. The molecular formula is C24H16Cl2N4O2S. The average Bonchev–Trinajstić information content (AvgIpc) is 3.42. The molecule has 0 bridgehead atoms. The third kappa shape index (κ3) is 4.39. The molecule has 6 nitrogen and oxygen atoms in total. The lowest BCUT2D eigenvalue weighted by Gasteiger charge is -2.19. The van der Waals surface area contributed by atoms with Crippen LogP contribution in [0, 0.1) is 12.3 Å². The summed E-state index contributed by atoms with van der Waals surface area (Å²) in [6.45, 7) is 1.93. The minimum atomic E-state index is -0.502. The summed E-state index contributed by atoms with van der Waals surface area (Å²) in [7, 11) is 0. The highest BCUT2D eigenvalue weighted by molar-refractivity contribution is 8.26. The number of nitrogens with one attached hydrogen (secondary N) is 1. The third-order valence-corrected chi connectivity index (χ3v) is 6.70. The molecule has 164 valence electrons. The molecule has 0 unspecified atom stereocenters. The fourth-order valence-corrected chi connectivity index (χ4v) is 4.58. The maximum Gasteiger partial charge on any atom is 0.283 e. The summed E-state index contributed by atoms with van der Waals surface area (Å²) in [4.78, 5) is 16.8. The Balaban J connectivity index is 1.38. The molecule has 0 fully saturated rings. The number of thioether (sulfide) groups is 1. The topological polar surface area (TPSA) is 82.0 Å². The van der Waals surface area contributed by atoms with Crippen molar-refractivity contribution in [1.29, 1.82) is 5.41 Å². The Morgan fingerprint density at radius 2 is 1.91 bits per heavy atom. The summed E-state index contributed by atoms with van der Waals surface area (Å²) in [5, 5.41) is 16.8. The van der Waals surface area contributed by atoms with Crippen molar-refractivity contribution in [2.75, 3.05) is 0 Å². The molecule has 2 aliphatic heterocycles. The summed E-state index contributed by atoms with van der Waals surface area (Å²) in [6.07, 6.45) is 2.07. The number of halogens is 2. The molecular weight excluding hydrogens is 479 g/mol. The Bertz CT molecular complexity index is 1390. The van der Waals surface area contributed by atoms with Crippen LogP contribution in [0.5, 0.6) is 0 Å². The van der Waals surface area contributed by atoms with Gasteiger partial charge in [0.25, 0.3) is 5.91 Å². The quantitative estimate of drug-likeness (QED) is 0.424. The van der Waals surface area contributed by atoms with E-state index < -0.39 is 5.91 Å². The summed E-state index contributed by atoms with van der Waals surface area (Å²) < 4.78 is 5.88. The van der Waals surface area contributed by atoms with Gasteiger partial charge in [-0.15, -0.1) is 0 Å². The Hall–Kier alpha value is -3.13.